The predicted molar refractivity (Wildman–Crippen MR) is 122 cm³/mol. The summed E-state index contributed by atoms with van der Waals surface area (Å²) in [6.45, 7) is 4.22. The minimum atomic E-state index is -0.546. The molecule has 32 heavy (non-hydrogen) atoms. The van der Waals surface area contributed by atoms with Crippen LogP contribution in [0.2, 0.25) is 0 Å². The summed E-state index contributed by atoms with van der Waals surface area (Å²) in [7, 11) is 0. The maximum atomic E-state index is 12.3. The van der Waals surface area contributed by atoms with Crippen molar-refractivity contribution in [3.05, 3.63) is 59.7 Å². The third-order valence-corrected chi connectivity index (χ3v) is 4.88. The van der Waals surface area contributed by atoms with Crippen molar-refractivity contribution in [2.45, 2.75) is 65.2 Å². The predicted octanol–water partition coefficient (Wildman–Crippen LogP) is 6.13. The fourth-order valence-corrected chi connectivity index (χ4v) is 3.11. The Morgan fingerprint density at radius 3 is 1.69 bits per heavy atom. The minimum Gasteiger partial charge on any atom is -0.462 e. The van der Waals surface area contributed by atoms with Crippen LogP contribution in [-0.4, -0.2) is 24.5 Å². The Labute approximate surface area is 189 Å². The largest absolute Gasteiger partial charge is 0.462 e. The van der Waals surface area contributed by atoms with Gasteiger partial charge in [-0.1, -0.05) is 45.4 Å². The second-order valence-electron chi connectivity index (χ2n) is 7.50. The van der Waals surface area contributed by atoms with Crippen LogP contribution in [0.5, 0.6) is 11.5 Å². The minimum absolute atomic E-state index is 0.268. The molecular formula is C26H32O6. The standard InChI is InChI=1S/C26H32O6/c1-3-5-6-7-8-9-10-11-24(27)31-22-16-14-21(15-17-22)26(29)32-23-18-12-20(13-19-23)25(28)30-4-2/h12-19H,3-11H2,1-2H3. The van der Waals surface area contributed by atoms with Gasteiger partial charge in [0, 0.05) is 6.42 Å². The third kappa shape index (κ3) is 8.92. The number of ether oxygens (including phenoxy) is 3. The van der Waals surface area contributed by atoms with Gasteiger partial charge in [0.25, 0.3) is 0 Å². The number of hydrogen-bond acceptors (Lipinski definition) is 6. The van der Waals surface area contributed by atoms with E-state index in [1.54, 1.807) is 31.2 Å². The van der Waals surface area contributed by atoms with Crippen LogP contribution in [0.3, 0.4) is 0 Å². The highest BCUT2D eigenvalue weighted by atomic mass is 16.5. The Kier molecular flexibility index (Phi) is 11.0. The van der Waals surface area contributed by atoms with E-state index in [9.17, 15) is 14.4 Å². The molecule has 0 radical (unpaired) electrons. The van der Waals surface area contributed by atoms with Crippen molar-refractivity contribution in [2.24, 2.45) is 0 Å². The number of benzene rings is 2. The molecule has 0 aliphatic rings. The molecule has 0 atom stereocenters. The molecule has 6 nitrogen and oxygen atoms in total. The molecule has 0 heterocycles. The first-order valence-corrected chi connectivity index (χ1v) is 11.3. The maximum absolute atomic E-state index is 12.3. The molecule has 0 amide bonds. The average molecular weight is 441 g/mol. The Morgan fingerprint density at radius 1 is 0.625 bits per heavy atom. The van der Waals surface area contributed by atoms with Crippen molar-refractivity contribution in [3.8, 4) is 11.5 Å². The lowest BCUT2D eigenvalue weighted by Gasteiger charge is -2.07. The van der Waals surface area contributed by atoms with Crippen LogP contribution in [0.25, 0.3) is 0 Å². The summed E-state index contributed by atoms with van der Waals surface area (Å²) in [5.74, 6) is -0.533. The number of esters is 3. The number of carbonyl (C=O) groups excluding carboxylic acids is 3. The quantitative estimate of drug-likeness (QED) is 0.212. The lowest BCUT2D eigenvalue weighted by molar-refractivity contribution is -0.134. The molecule has 0 fully saturated rings. The van der Waals surface area contributed by atoms with Crippen LogP contribution in [0.15, 0.2) is 48.5 Å². The highest BCUT2D eigenvalue weighted by Crippen LogP contribution is 2.18. The molecule has 0 saturated heterocycles. The Hall–Kier alpha value is -3.15. The van der Waals surface area contributed by atoms with E-state index in [1.807, 2.05) is 0 Å². The van der Waals surface area contributed by atoms with Gasteiger partial charge in [0.05, 0.1) is 17.7 Å². The number of carbonyl (C=O) groups is 3. The molecule has 0 unspecified atom stereocenters. The summed E-state index contributed by atoms with van der Waals surface area (Å²) < 4.78 is 15.6. The summed E-state index contributed by atoms with van der Waals surface area (Å²) in [5, 5.41) is 0. The van der Waals surface area contributed by atoms with E-state index in [0.29, 0.717) is 35.7 Å². The van der Waals surface area contributed by atoms with Gasteiger partial charge in [-0.25, -0.2) is 9.59 Å². The first kappa shape index (κ1) is 25.1. The summed E-state index contributed by atoms with van der Waals surface area (Å²) in [4.78, 5) is 36.0. The summed E-state index contributed by atoms with van der Waals surface area (Å²) in [6.07, 6.45) is 8.37. The second-order valence-corrected chi connectivity index (χ2v) is 7.50. The normalized spacial score (nSPS) is 10.4. The van der Waals surface area contributed by atoms with Crippen molar-refractivity contribution < 1.29 is 28.6 Å². The Morgan fingerprint density at radius 2 is 1.12 bits per heavy atom. The molecule has 2 rings (SSSR count). The van der Waals surface area contributed by atoms with Gasteiger partial charge < -0.3 is 14.2 Å². The van der Waals surface area contributed by atoms with Crippen LogP contribution in [-0.2, 0) is 9.53 Å². The summed E-state index contributed by atoms with van der Waals surface area (Å²) >= 11 is 0. The first-order chi connectivity index (χ1) is 15.5. The molecule has 0 saturated carbocycles. The van der Waals surface area contributed by atoms with Crippen molar-refractivity contribution in [1.29, 1.82) is 0 Å². The molecule has 2 aromatic carbocycles. The van der Waals surface area contributed by atoms with Crippen LogP contribution in [0, 0.1) is 0 Å². The Bertz CT molecular complexity index is 855. The van der Waals surface area contributed by atoms with Crippen LogP contribution < -0.4 is 9.47 Å². The van der Waals surface area contributed by atoms with Crippen molar-refractivity contribution >= 4 is 17.9 Å². The summed E-state index contributed by atoms with van der Waals surface area (Å²) in [5.41, 5.74) is 0.709. The molecule has 0 aliphatic carbocycles. The number of hydrogen-bond donors (Lipinski definition) is 0. The second kappa shape index (κ2) is 14.0. The van der Waals surface area contributed by atoms with Crippen LogP contribution >= 0.6 is 0 Å². The van der Waals surface area contributed by atoms with Gasteiger partial charge in [0.15, 0.2) is 0 Å². The lowest BCUT2D eigenvalue weighted by atomic mass is 10.1. The van der Waals surface area contributed by atoms with Crippen molar-refractivity contribution in [3.63, 3.8) is 0 Å². The van der Waals surface area contributed by atoms with Gasteiger partial charge in [0.2, 0.25) is 0 Å². The fourth-order valence-electron chi connectivity index (χ4n) is 3.11. The molecule has 0 spiro atoms. The van der Waals surface area contributed by atoms with E-state index in [-0.39, 0.29) is 5.97 Å². The van der Waals surface area contributed by atoms with E-state index in [1.165, 1.54) is 49.9 Å². The fraction of sp³-hybridized carbons (Fsp3) is 0.423. The zero-order valence-corrected chi connectivity index (χ0v) is 18.9. The molecule has 0 aliphatic heterocycles. The molecule has 0 aromatic heterocycles. The Balaban J connectivity index is 1.76. The van der Waals surface area contributed by atoms with Gasteiger partial charge in [-0.05, 0) is 61.9 Å². The third-order valence-electron chi connectivity index (χ3n) is 4.88. The van der Waals surface area contributed by atoms with E-state index in [0.717, 1.165) is 19.3 Å². The molecule has 6 heteroatoms. The van der Waals surface area contributed by atoms with Crippen molar-refractivity contribution in [2.75, 3.05) is 6.61 Å². The first-order valence-electron chi connectivity index (χ1n) is 11.3. The van der Waals surface area contributed by atoms with E-state index >= 15 is 0 Å². The van der Waals surface area contributed by atoms with Gasteiger partial charge in [-0.3, -0.25) is 4.79 Å². The SMILES string of the molecule is CCCCCCCCCC(=O)Oc1ccc(C(=O)Oc2ccc(C(=O)OCC)cc2)cc1. The summed E-state index contributed by atoms with van der Waals surface area (Å²) in [6, 6.07) is 12.4. The van der Waals surface area contributed by atoms with Gasteiger partial charge >= 0.3 is 17.9 Å². The van der Waals surface area contributed by atoms with E-state index in [4.69, 9.17) is 14.2 Å². The van der Waals surface area contributed by atoms with Gasteiger partial charge in [-0.15, -0.1) is 0 Å². The molecule has 172 valence electrons. The molecule has 2 aromatic rings. The van der Waals surface area contributed by atoms with Crippen LogP contribution in [0.4, 0.5) is 0 Å². The maximum Gasteiger partial charge on any atom is 0.343 e. The molecular weight excluding hydrogens is 408 g/mol. The highest BCUT2D eigenvalue weighted by Gasteiger charge is 2.12. The smallest absolute Gasteiger partial charge is 0.343 e. The molecule has 0 N–H and O–H groups in total. The molecule has 0 bridgehead atoms. The zero-order chi connectivity index (χ0) is 23.2. The van der Waals surface area contributed by atoms with Gasteiger partial charge in [0.1, 0.15) is 11.5 Å². The highest BCUT2D eigenvalue weighted by molar-refractivity contribution is 5.92. The van der Waals surface area contributed by atoms with Crippen molar-refractivity contribution in [1.82, 2.24) is 0 Å². The topological polar surface area (TPSA) is 78.9 Å². The van der Waals surface area contributed by atoms with E-state index in [2.05, 4.69) is 6.92 Å². The lowest BCUT2D eigenvalue weighted by Crippen LogP contribution is -2.10. The number of unbranched alkanes of at least 4 members (excludes halogenated alkanes) is 6. The average Bonchev–Trinajstić information content (AvgIpc) is 2.79. The van der Waals surface area contributed by atoms with Gasteiger partial charge in [-0.2, -0.15) is 0 Å². The number of rotatable bonds is 13. The monoisotopic (exact) mass is 440 g/mol. The zero-order valence-electron chi connectivity index (χ0n) is 18.9. The van der Waals surface area contributed by atoms with E-state index < -0.39 is 11.9 Å². The van der Waals surface area contributed by atoms with Crippen LogP contribution in [0.1, 0.15) is 85.9 Å².